The van der Waals surface area contributed by atoms with Crippen LogP contribution in [0.2, 0.25) is 0 Å². The summed E-state index contributed by atoms with van der Waals surface area (Å²) < 4.78 is 12.8. The lowest BCUT2D eigenvalue weighted by Gasteiger charge is -2.12. The van der Waals surface area contributed by atoms with Crippen LogP contribution in [0.15, 0.2) is 44.7 Å². The predicted molar refractivity (Wildman–Crippen MR) is 117 cm³/mol. The largest absolute Gasteiger partial charge is 0.490 e. The first kappa shape index (κ1) is 21.4. The van der Waals surface area contributed by atoms with Crippen LogP contribution in [0.3, 0.4) is 0 Å². The van der Waals surface area contributed by atoms with Crippen molar-refractivity contribution in [3.05, 3.63) is 66.7 Å². The summed E-state index contributed by atoms with van der Waals surface area (Å²) >= 11 is 3.35. The van der Waals surface area contributed by atoms with Gasteiger partial charge in [0.1, 0.15) is 5.82 Å². The summed E-state index contributed by atoms with van der Waals surface area (Å²) in [4.78, 5) is 28.2. The molecule has 9 nitrogen and oxygen atoms in total. The Morgan fingerprint density at radius 2 is 1.97 bits per heavy atom. The molecule has 0 saturated carbocycles. The molecule has 0 aliphatic carbocycles. The zero-order valence-corrected chi connectivity index (χ0v) is 18.2. The van der Waals surface area contributed by atoms with E-state index in [1.54, 1.807) is 45.0 Å². The first-order valence-electron chi connectivity index (χ1n) is 9.17. The Labute approximate surface area is 180 Å². The molecule has 3 rings (SSSR count). The molecule has 0 spiro atoms. The molecule has 0 bridgehead atoms. The second kappa shape index (κ2) is 9.04. The average molecular weight is 475 g/mol. The van der Waals surface area contributed by atoms with Crippen LogP contribution in [0.25, 0.3) is 10.9 Å². The number of aryl methyl sites for hydroxylation is 1. The fraction of sp³-hybridized carbons (Fsp3) is 0.250. The fourth-order valence-corrected chi connectivity index (χ4v) is 3.25. The molecule has 0 radical (unpaired) electrons. The molecule has 0 unspecified atom stereocenters. The molecule has 3 aromatic rings. The van der Waals surface area contributed by atoms with Gasteiger partial charge in [-0.05, 0) is 45.0 Å². The van der Waals surface area contributed by atoms with E-state index in [-0.39, 0.29) is 29.4 Å². The molecule has 156 valence electrons. The van der Waals surface area contributed by atoms with Gasteiger partial charge >= 0.3 is 5.69 Å². The summed E-state index contributed by atoms with van der Waals surface area (Å²) in [6.07, 6.45) is 1.35. The lowest BCUT2D eigenvalue weighted by molar-refractivity contribution is -0.385. The van der Waals surface area contributed by atoms with E-state index in [1.165, 1.54) is 12.3 Å². The Kier molecular flexibility index (Phi) is 6.46. The molecule has 10 heteroatoms. The van der Waals surface area contributed by atoms with Crippen LogP contribution in [-0.4, -0.2) is 34.0 Å². The topological polar surface area (TPSA) is 109 Å². The molecular formula is C20H19BrN4O5. The Morgan fingerprint density at radius 3 is 2.63 bits per heavy atom. The van der Waals surface area contributed by atoms with Crippen molar-refractivity contribution in [2.75, 3.05) is 13.2 Å². The molecule has 1 aromatic heterocycles. The lowest BCUT2D eigenvalue weighted by atomic mass is 10.2. The SMILES string of the molecule is CCOc1cc(C=Nn2c(C)nc3ccc(Br)cc3c2=O)cc([N+](=O)[O-])c1OCC. The van der Waals surface area contributed by atoms with Crippen LogP contribution in [0.1, 0.15) is 25.2 Å². The average Bonchev–Trinajstić information content (AvgIpc) is 2.70. The summed E-state index contributed by atoms with van der Waals surface area (Å²) in [6, 6.07) is 8.12. The first-order chi connectivity index (χ1) is 14.3. The summed E-state index contributed by atoms with van der Waals surface area (Å²) in [5.41, 5.74) is 0.353. The van der Waals surface area contributed by atoms with Crippen LogP contribution in [0.4, 0.5) is 5.69 Å². The molecule has 30 heavy (non-hydrogen) atoms. The summed E-state index contributed by atoms with van der Waals surface area (Å²) in [5, 5.41) is 16.1. The van der Waals surface area contributed by atoms with Crippen molar-refractivity contribution in [3.8, 4) is 11.5 Å². The van der Waals surface area contributed by atoms with Crippen molar-refractivity contribution in [1.29, 1.82) is 0 Å². The van der Waals surface area contributed by atoms with Gasteiger partial charge in [0.05, 0.1) is 35.3 Å². The van der Waals surface area contributed by atoms with Crippen molar-refractivity contribution in [2.45, 2.75) is 20.8 Å². The molecule has 0 aliphatic heterocycles. The summed E-state index contributed by atoms with van der Waals surface area (Å²) in [6.45, 7) is 5.72. The molecule has 0 amide bonds. The smallest absolute Gasteiger partial charge is 0.315 e. The molecule has 0 atom stereocenters. The van der Waals surface area contributed by atoms with E-state index in [0.29, 0.717) is 28.9 Å². The van der Waals surface area contributed by atoms with Gasteiger partial charge in [-0.15, -0.1) is 0 Å². The standard InChI is InChI=1S/C20H19BrN4O5/c1-4-29-18-9-13(8-17(25(27)28)19(18)30-5-2)11-22-24-12(3)23-16-7-6-14(21)10-15(16)20(24)26/h6-11H,4-5H2,1-3H3. The van der Waals surface area contributed by atoms with Gasteiger partial charge < -0.3 is 9.47 Å². The Morgan fingerprint density at radius 1 is 1.23 bits per heavy atom. The zero-order chi connectivity index (χ0) is 21.8. The maximum Gasteiger partial charge on any atom is 0.315 e. The molecule has 1 heterocycles. The lowest BCUT2D eigenvalue weighted by Crippen LogP contribution is -2.20. The Hall–Kier alpha value is -3.27. The number of nitrogens with zero attached hydrogens (tertiary/aromatic N) is 4. The predicted octanol–water partition coefficient (Wildman–Crippen LogP) is 4.06. The normalized spacial score (nSPS) is 11.2. The van der Waals surface area contributed by atoms with Gasteiger partial charge in [-0.25, -0.2) is 4.98 Å². The third-order valence-electron chi connectivity index (χ3n) is 4.14. The van der Waals surface area contributed by atoms with E-state index in [0.717, 1.165) is 9.15 Å². The van der Waals surface area contributed by atoms with Gasteiger partial charge in [-0.3, -0.25) is 14.9 Å². The highest BCUT2D eigenvalue weighted by molar-refractivity contribution is 9.10. The zero-order valence-electron chi connectivity index (χ0n) is 16.6. The number of nitro benzene ring substituents is 1. The third kappa shape index (κ3) is 4.33. The number of aromatic nitrogens is 2. The number of benzene rings is 2. The van der Waals surface area contributed by atoms with Crippen molar-refractivity contribution in [3.63, 3.8) is 0 Å². The van der Waals surface area contributed by atoms with Gasteiger partial charge in [0.15, 0.2) is 5.75 Å². The van der Waals surface area contributed by atoms with Crippen LogP contribution in [0.5, 0.6) is 11.5 Å². The minimum Gasteiger partial charge on any atom is -0.490 e. The van der Waals surface area contributed by atoms with E-state index in [2.05, 4.69) is 26.0 Å². The van der Waals surface area contributed by atoms with Crippen molar-refractivity contribution >= 4 is 38.7 Å². The number of nitro groups is 1. The minimum atomic E-state index is -0.544. The van der Waals surface area contributed by atoms with Gasteiger partial charge in [-0.1, -0.05) is 15.9 Å². The molecule has 0 fully saturated rings. The number of hydrogen-bond donors (Lipinski definition) is 0. The van der Waals surface area contributed by atoms with Gasteiger partial charge in [0.25, 0.3) is 5.56 Å². The quantitative estimate of drug-likeness (QED) is 0.290. The van der Waals surface area contributed by atoms with Gasteiger partial charge in [0.2, 0.25) is 5.75 Å². The van der Waals surface area contributed by atoms with Gasteiger partial charge in [0, 0.05) is 16.1 Å². The number of halogens is 1. The number of fused-ring (bicyclic) bond motifs is 1. The monoisotopic (exact) mass is 474 g/mol. The molecule has 2 aromatic carbocycles. The van der Waals surface area contributed by atoms with Crippen molar-refractivity contribution in [2.24, 2.45) is 5.10 Å². The van der Waals surface area contributed by atoms with E-state index in [1.807, 2.05) is 0 Å². The van der Waals surface area contributed by atoms with Crippen molar-refractivity contribution in [1.82, 2.24) is 9.66 Å². The van der Waals surface area contributed by atoms with Crippen LogP contribution < -0.4 is 15.0 Å². The summed E-state index contributed by atoms with van der Waals surface area (Å²) in [5.74, 6) is 0.684. The fourth-order valence-electron chi connectivity index (χ4n) is 2.89. The molecule has 0 N–H and O–H groups in total. The van der Waals surface area contributed by atoms with Crippen LogP contribution in [0, 0.1) is 17.0 Å². The van der Waals surface area contributed by atoms with Crippen molar-refractivity contribution < 1.29 is 14.4 Å². The van der Waals surface area contributed by atoms with Gasteiger partial charge in [-0.2, -0.15) is 9.78 Å². The molecule has 0 aliphatic rings. The molecular weight excluding hydrogens is 456 g/mol. The van der Waals surface area contributed by atoms with E-state index in [4.69, 9.17) is 9.47 Å². The summed E-state index contributed by atoms with van der Waals surface area (Å²) in [7, 11) is 0. The van der Waals surface area contributed by atoms with Crippen LogP contribution in [-0.2, 0) is 0 Å². The van der Waals surface area contributed by atoms with E-state index < -0.39 is 4.92 Å². The Balaban J connectivity index is 2.12. The minimum absolute atomic E-state index is 0.0621. The van der Waals surface area contributed by atoms with E-state index in [9.17, 15) is 14.9 Å². The second-order valence-electron chi connectivity index (χ2n) is 6.17. The number of ether oxygens (including phenoxy) is 2. The number of rotatable bonds is 7. The Bertz CT molecular complexity index is 1210. The highest BCUT2D eigenvalue weighted by Gasteiger charge is 2.22. The third-order valence-corrected chi connectivity index (χ3v) is 4.63. The first-order valence-corrected chi connectivity index (χ1v) is 9.96. The number of hydrogen-bond acceptors (Lipinski definition) is 7. The highest BCUT2D eigenvalue weighted by atomic mass is 79.9. The van der Waals surface area contributed by atoms with Crippen LogP contribution >= 0.6 is 15.9 Å². The van der Waals surface area contributed by atoms with E-state index >= 15 is 0 Å². The maximum atomic E-state index is 12.8. The highest BCUT2D eigenvalue weighted by Crippen LogP contribution is 2.38. The molecule has 0 saturated heterocycles. The maximum absolute atomic E-state index is 12.8. The second-order valence-corrected chi connectivity index (χ2v) is 7.09.